The van der Waals surface area contributed by atoms with E-state index in [1.165, 1.54) is 11.3 Å². The summed E-state index contributed by atoms with van der Waals surface area (Å²) in [5.74, 6) is 0.115. The largest absolute Gasteiger partial charge is 0.365 e. The predicted molar refractivity (Wildman–Crippen MR) is 60.3 cm³/mol. The van der Waals surface area contributed by atoms with Crippen molar-refractivity contribution in [3.8, 4) is 0 Å². The summed E-state index contributed by atoms with van der Waals surface area (Å²) in [5, 5.41) is 0. The molecule has 1 aromatic heterocycles. The second-order valence-corrected chi connectivity index (χ2v) is 5.12. The number of Topliss-reactive ketones (excluding diaryl/α,β-unsaturated/α-hetero) is 1. The topological polar surface area (TPSA) is 52.3 Å². The van der Waals surface area contributed by atoms with E-state index >= 15 is 0 Å². The van der Waals surface area contributed by atoms with Gasteiger partial charge in [-0.25, -0.2) is 0 Å². The number of ketones is 1. The Morgan fingerprint density at radius 1 is 1.60 bits per heavy atom. The first-order valence-corrected chi connectivity index (χ1v) is 5.98. The lowest BCUT2D eigenvalue weighted by molar-refractivity contribution is 0.0407. The van der Waals surface area contributed by atoms with Crippen LogP contribution >= 0.6 is 11.3 Å². The highest BCUT2D eigenvalue weighted by molar-refractivity contribution is 7.14. The highest BCUT2D eigenvalue weighted by Crippen LogP contribution is 2.25. The van der Waals surface area contributed by atoms with Gasteiger partial charge < -0.3 is 10.5 Å². The zero-order valence-corrected chi connectivity index (χ0v) is 9.55. The van der Waals surface area contributed by atoms with Crippen LogP contribution in [0.25, 0.3) is 0 Å². The molecule has 1 fully saturated rings. The normalized spacial score (nSPS) is 25.7. The van der Waals surface area contributed by atoms with Gasteiger partial charge in [0, 0.05) is 11.4 Å². The maximum atomic E-state index is 12.0. The van der Waals surface area contributed by atoms with Crippen molar-refractivity contribution < 1.29 is 9.53 Å². The lowest BCUT2D eigenvalue weighted by Gasteiger charge is -2.09. The van der Waals surface area contributed by atoms with Gasteiger partial charge in [0.1, 0.15) is 6.10 Å². The molecule has 15 heavy (non-hydrogen) atoms. The summed E-state index contributed by atoms with van der Waals surface area (Å²) in [5.41, 5.74) is 5.51. The summed E-state index contributed by atoms with van der Waals surface area (Å²) >= 11 is 1.53. The van der Waals surface area contributed by atoms with Gasteiger partial charge >= 0.3 is 0 Å². The lowest BCUT2D eigenvalue weighted by atomic mass is 10.1. The van der Waals surface area contributed by atoms with Gasteiger partial charge in [0.25, 0.3) is 0 Å². The van der Waals surface area contributed by atoms with Crippen LogP contribution in [0, 0.1) is 6.92 Å². The van der Waals surface area contributed by atoms with E-state index < -0.39 is 0 Å². The third-order valence-electron chi connectivity index (χ3n) is 2.65. The molecule has 1 aliphatic heterocycles. The number of aryl methyl sites for hydroxylation is 1. The Labute approximate surface area is 93.2 Å². The zero-order chi connectivity index (χ0) is 10.8. The summed E-state index contributed by atoms with van der Waals surface area (Å²) in [7, 11) is 0. The van der Waals surface area contributed by atoms with Crippen LogP contribution in [0.3, 0.4) is 0 Å². The number of thiophene rings is 1. The van der Waals surface area contributed by atoms with E-state index in [1.54, 1.807) is 0 Å². The fraction of sp³-hybridized carbons (Fsp3) is 0.545. The second kappa shape index (κ2) is 4.43. The lowest BCUT2D eigenvalue weighted by Crippen LogP contribution is -2.24. The van der Waals surface area contributed by atoms with Crippen LogP contribution in [0.1, 0.15) is 27.4 Å². The second-order valence-electron chi connectivity index (χ2n) is 3.83. The molecule has 0 aliphatic carbocycles. The van der Waals surface area contributed by atoms with Gasteiger partial charge in [-0.05, 0) is 31.9 Å². The van der Waals surface area contributed by atoms with Crippen LogP contribution in [0.5, 0.6) is 0 Å². The predicted octanol–water partition coefficient (Wildman–Crippen LogP) is 1.75. The first kappa shape index (κ1) is 10.8. The molecular weight excluding hydrogens is 210 g/mol. The van der Waals surface area contributed by atoms with Crippen molar-refractivity contribution in [3.05, 3.63) is 21.9 Å². The van der Waals surface area contributed by atoms with Crippen molar-refractivity contribution in [1.29, 1.82) is 0 Å². The average Bonchev–Trinajstić information content (AvgIpc) is 2.84. The summed E-state index contributed by atoms with van der Waals surface area (Å²) in [4.78, 5) is 13.9. The van der Waals surface area contributed by atoms with E-state index in [0.29, 0.717) is 6.54 Å². The van der Waals surface area contributed by atoms with Crippen LogP contribution in [0.2, 0.25) is 0 Å². The Kier molecular flexibility index (Phi) is 3.19. The summed E-state index contributed by atoms with van der Waals surface area (Å²) in [6, 6.07) is 3.84. The molecule has 2 N–H and O–H groups in total. The van der Waals surface area contributed by atoms with E-state index in [-0.39, 0.29) is 18.0 Å². The summed E-state index contributed by atoms with van der Waals surface area (Å²) in [6.07, 6.45) is 1.51. The van der Waals surface area contributed by atoms with Crippen LogP contribution in [-0.2, 0) is 4.74 Å². The molecule has 1 aliphatic rings. The van der Waals surface area contributed by atoms with Crippen molar-refractivity contribution in [1.82, 2.24) is 0 Å². The standard InChI is InChI=1S/C11H15NO2S/c1-7-2-5-10(15-7)11(13)9-4-3-8(6-12)14-9/h2,5,8-9H,3-4,6,12H2,1H3. The molecule has 0 radical (unpaired) electrons. The minimum Gasteiger partial charge on any atom is -0.365 e. The molecule has 3 nitrogen and oxygen atoms in total. The van der Waals surface area contributed by atoms with Gasteiger partial charge in [0.15, 0.2) is 0 Å². The van der Waals surface area contributed by atoms with Crippen LogP contribution in [0.4, 0.5) is 0 Å². The average molecular weight is 225 g/mol. The SMILES string of the molecule is Cc1ccc(C(=O)C2CCC(CN)O2)s1. The molecular formula is C11H15NO2S. The summed E-state index contributed by atoms with van der Waals surface area (Å²) in [6.45, 7) is 2.51. The Bertz CT molecular complexity index is 361. The number of carbonyl (C=O) groups excluding carboxylic acids is 1. The minimum absolute atomic E-state index is 0.0695. The number of hydrogen-bond donors (Lipinski definition) is 1. The molecule has 0 aromatic carbocycles. The first-order chi connectivity index (χ1) is 7.20. The molecule has 1 aromatic rings. The van der Waals surface area contributed by atoms with Gasteiger partial charge in [-0.2, -0.15) is 0 Å². The van der Waals surface area contributed by atoms with Crippen molar-refractivity contribution in [3.63, 3.8) is 0 Å². The maximum absolute atomic E-state index is 12.0. The van der Waals surface area contributed by atoms with Crippen LogP contribution in [-0.4, -0.2) is 24.5 Å². The van der Waals surface area contributed by atoms with Gasteiger partial charge in [0.2, 0.25) is 5.78 Å². The first-order valence-electron chi connectivity index (χ1n) is 5.17. The fourth-order valence-corrected chi connectivity index (χ4v) is 2.65. The molecule has 0 saturated carbocycles. The maximum Gasteiger partial charge on any atom is 0.201 e. The number of carbonyl (C=O) groups is 1. The Morgan fingerprint density at radius 3 is 2.93 bits per heavy atom. The molecule has 0 amide bonds. The van der Waals surface area contributed by atoms with Gasteiger partial charge in [-0.15, -0.1) is 11.3 Å². The number of nitrogens with two attached hydrogens (primary N) is 1. The Balaban J connectivity index is 2.03. The monoisotopic (exact) mass is 225 g/mol. The Hall–Kier alpha value is -0.710. The van der Waals surface area contributed by atoms with Crippen molar-refractivity contribution in [2.75, 3.05) is 6.54 Å². The quantitative estimate of drug-likeness (QED) is 0.797. The number of ether oxygens (including phenoxy) is 1. The van der Waals surface area contributed by atoms with E-state index in [2.05, 4.69) is 0 Å². The van der Waals surface area contributed by atoms with Crippen molar-refractivity contribution in [2.24, 2.45) is 5.73 Å². The molecule has 2 atom stereocenters. The van der Waals surface area contributed by atoms with E-state index in [4.69, 9.17) is 10.5 Å². The molecule has 1 saturated heterocycles. The van der Waals surface area contributed by atoms with Crippen molar-refractivity contribution >= 4 is 17.1 Å². The molecule has 0 spiro atoms. The molecule has 2 heterocycles. The third-order valence-corrected chi connectivity index (χ3v) is 3.66. The summed E-state index contributed by atoms with van der Waals surface area (Å²) < 4.78 is 5.57. The molecule has 0 bridgehead atoms. The van der Waals surface area contributed by atoms with Gasteiger partial charge in [-0.3, -0.25) is 4.79 Å². The zero-order valence-electron chi connectivity index (χ0n) is 8.73. The molecule has 82 valence electrons. The van der Waals surface area contributed by atoms with E-state index in [0.717, 1.165) is 22.6 Å². The van der Waals surface area contributed by atoms with Crippen molar-refractivity contribution in [2.45, 2.75) is 32.0 Å². The van der Waals surface area contributed by atoms with E-state index in [1.807, 2.05) is 19.1 Å². The van der Waals surface area contributed by atoms with Gasteiger partial charge in [0.05, 0.1) is 11.0 Å². The smallest absolute Gasteiger partial charge is 0.201 e. The van der Waals surface area contributed by atoms with Crippen LogP contribution in [0.15, 0.2) is 12.1 Å². The molecule has 2 unspecified atom stereocenters. The minimum atomic E-state index is -0.267. The highest BCUT2D eigenvalue weighted by Gasteiger charge is 2.30. The van der Waals surface area contributed by atoms with Gasteiger partial charge in [-0.1, -0.05) is 0 Å². The fourth-order valence-electron chi connectivity index (χ4n) is 1.80. The highest BCUT2D eigenvalue weighted by atomic mass is 32.1. The molecule has 4 heteroatoms. The third kappa shape index (κ3) is 2.27. The Morgan fingerprint density at radius 2 is 2.40 bits per heavy atom. The number of hydrogen-bond acceptors (Lipinski definition) is 4. The number of rotatable bonds is 3. The molecule has 2 rings (SSSR count). The van der Waals surface area contributed by atoms with E-state index in [9.17, 15) is 4.79 Å². The van der Waals surface area contributed by atoms with Crippen LogP contribution < -0.4 is 5.73 Å².